The zero-order valence-electron chi connectivity index (χ0n) is 9.40. The first kappa shape index (κ1) is 12.3. The van der Waals surface area contributed by atoms with Crippen LogP contribution in [0.15, 0.2) is 24.3 Å². The molecule has 0 heterocycles. The van der Waals surface area contributed by atoms with E-state index in [4.69, 9.17) is 9.05 Å². The van der Waals surface area contributed by atoms with Crippen LogP contribution in [0, 0.1) is 0 Å². The van der Waals surface area contributed by atoms with Crippen molar-refractivity contribution in [3.05, 3.63) is 29.8 Å². The Labute approximate surface area is 90.9 Å². The number of aryl methyl sites for hydroxylation is 1. The van der Waals surface area contributed by atoms with E-state index in [2.05, 4.69) is 6.92 Å². The summed E-state index contributed by atoms with van der Waals surface area (Å²) in [6.07, 6.45) is 0.982. The van der Waals surface area contributed by atoms with Gasteiger partial charge in [-0.3, -0.25) is 0 Å². The van der Waals surface area contributed by atoms with Gasteiger partial charge in [-0.1, -0.05) is 19.1 Å². The van der Waals surface area contributed by atoms with Gasteiger partial charge in [-0.15, -0.1) is 0 Å². The van der Waals surface area contributed by atoms with Gasteiger partial charge < -0.3 is 9.05 Å². The van der Waals surface area contributed by atoms with E-state index in [0.29, 0.717) is 12.4 Å². The minimum absolute atomic E-state index is 0.390. The maximum absolute atomic E-state index is 11.7. The lowest BCUT2D eigenvalue weighted by atomic mass is 10.2. The van der Waals surface area contributed by atoms with Gasteiger partial charge in [0, 0.05) is 6.66 Å². The molecule has 3 nitrogen and oxygen atoms in total. The van der Waals surface area contributed by atoms with Crippen molar-refractivity contribution in [1.29, 1.82) is 0 Å². The first-order valence-electron chi connectivity index (χ1n) is 5.08. The monoisotopic (exact) mass is 228 g/mol. The van der Waals surface area contributed by atoms with Crippen molar-refractivity contribution in [3.63, 3.8) is 0 Å². The van der Waals surface area contributed by atoms with Crippen LogP contribution >= 0.6 is 7.60 Å². The SMILES string of the molecule is CCOP(C)(=O)Oc1ccc(CC)cc1. The third kappa shape index (κ3) is 4.06. The molecule has 0 saturated carbocycles. The lowest BCUT2D eigenvalue weighted by molar-refractivity contribution is 0.284. The molecule has 15 heavy (non-hydrogen) atoms. The predicted octanol–water partition coefficient (Wildman–Crippen LogP) is 3.49. The molecule has 0 fully saturated rings. The van der Waals surface area contributed by atoms with Gasteiger partial charge in [0.1, 0.15) is 5.75 Å². The third-order valence-corrected chi connectivity index (χ3v) is 3.24. The average Bonchev–Trinajstić information content (AvgIpc) is 2.18. The van der Waals surface area contributed by atoms with Crippen LogP contribution in [0.5, 0.6) is 5.75 Å². The van der Waals surface area contributed by atoms with Gasteiger partial charge in [-0.2, -0.15) is 0 Å². The minimum Gasteiger partial charge on any atom is -0.425 e. The standard InChI is InChI=1S/C11H17O3P/c1-4-10-6-8-11(9-7-10)14-15(3,12)13-5-2/h6-9H,4-5H2,1-3H3. The summed E-state index contributed by atoms with van der Waals surface area (Å²) in [7, 11) is -2.94. The Morgan fingerprint density at radius 3 is 2.27 bits per heavy atom. The van der Waals surface area contributed by atoms with E-state index >= 15 is 0 Å². The van der Waals surface area contributed by atoms with Gasteiger partial charge in [0.05, 0.1) is 6.61 Å². The van der Waals surface area contributed by atoms with Gasteiger partial charge in [-0.05, 0) is 31.0 Å². The summed E-state index contributed by atoms with van der Waals surface area (Å²) in [5.74, 6) is 0.589. The van der Waals surface area contributed by atoms with Gasteiger partial charge >= 0.3 is 7.60 Å². The Balaban J connectivity index is 2.68. The summed E-state index contributed by atoms with van der Waals surface area (Å²) in [5.41, 5.74) is 1.23. The number of benzene rings is 1. The first-order valence-corrected chi connectivity index (χ1v) is 7.07. The summed E-state index contributed by atoms with van der Waals surface area (Å²) < 4.78 is 22.0. The van der Waals surface area contributed by atoms with E-state index in [1.165, 1.54) is 12.2 Å². The highest BCUT2D eigenvalue weighted by molar-refractivity contribution is 7.53. The van der Waals surface area contributed by atoms with Crippen LogP contribution in [0.2, 0.25) is 0 Å². The van der Waals surface area contributed by atoms with E-state index in [9.17, 15) is 4.57 Å². The van der Waals surface area contributed by atoms with Crippen LogP contribution in [0.1, 0.15) is 19.4 Å². The molecule has 0 saturated heterocycles. The van der Waals surface area contributed by atoms with Crippen molar-refractivity contribution in [2.75, 3.05) is 13.3 Å². The topological polar surface area (TPSA) is 35.5 Å². The summed E-state index contributed by atoms with van der Waals surface area (Å²) >= 11 is 0. The second kappa shape index (κ2) is 5.34. The highest BCUT2D eigenvalue weighted by Crippen LogP contribution is 2.44. The minimum atomic E-state index is -2.94. The van der Waals surface area contributed by atoms with E-state index in [0.717, 1.165) is 6.42 Å². The van der Waals surface area contributed by atoms with Crippen LogP contribution in [0.25, 0.3) is 0 Å². The molecule has 1 unspecified atom stereocenters. The zero-order valence-corrected chi connectivity index (χ0v) is 10.3. The fraction of sp³-hybridized carbons (Fsp3) is 0.455. The Morgan fingerprint density at radius 1 is 1.20 bits per heavy atom. The molecule has 0 radical (unpaired) electrons. The van der Waals surface area contributed by atoms with Crippen molar-refractivity contribution in [2.45, 2.75) is 20.3 Å². The van der Waals surface area contributed by atoms with Gasteiger partial charge in [-0.25, -0.2) is 4.57 Å². The zero-order chi connectivity index (χ0) is 11.3. The fourth-order valence-electron chi connectivity index (χ4n) is 1.24. The molecular formula is C11H17O3P. The fourth-order valence-corrected chi connectivity index (χ4v) is 2.26. The maximum Gasteiger partial charge on any atom is 0.376 e. The van der Waals surface area contributed by atoms with E-state index in [1.54, 1.807) is 6.92 Å². The average molecular weight is 228 g/mol. The van der Waals surface area contributed by atoms with Crippen molar-refractivity contribution < 1.29 is 13.6 Å². The van der Waals surface area contributed by atoms with Crippen LogP contribution < -0.4 is 4.52 Å². The smallest absolute Gasteiger partial charge is 0.376 e. The maximum atomic E-state index is 11.7. The molecule has 4 heteroatoms. The lowest BCUT2D eigenvalue weighted by Gasteiger charge is -2.14. The Morgan fingerprint density at radius 2 is 1.80 bits per heavy atom. The summed E-state index contributed by atoms with van der Waals surface area (Å²) in [6.45, 7) is 5.74. The van der Waals surface area contributed by atoms with Gasteiger partial charge in [0.15, 0.2) is 0 Å². The molecule has 0 amide bonds. The van der Waals surface area contributed by atoms with Crippen molar-refractivity contribution >= 4 is 7.60 Å². The summed E-state index contributed by atoms with van der Waals surface area (Å²) in [4.78, 5) is 0. The first-order chi connectivity index (χ1) is 7.07. The van der Waals surface area contributed by atoms with E-state index in [-0.39, 0.29) is 0 Å². The quantitative estimate of drug-likeness (QED) is 0.723. The molecule has 0 aliphatic carbocycles. The molecule has 0 aromatic heterocycles. The Kier molecular flexibility index (Phi) is 4.37. The summed E-state index contributed by atoms with van der Waals surface area (Å²) in [6, 6.07) is 7.55. The molecule has 0 bridgehead atoms. The molecule has 0 N–H and O–H groups in total. The van der Waals surface area contributed by atoms with Gasteiger partial charge in [0.2, 0.25) is 0 Å². The van der Waals surface area contributed by atoms with Crippen LogP contribution in [0.3, 0.4) is 0 Å². The lowest BCUT2D eigenvalue weighted by Crippen LogP contribution is -1.96. The Hall–Kier alpha value is -0.790. The Bertz CT molecular complexity index is 345. The van der Waals surface area contributed by atoms with Crippen molar-refractivity contribution in [2.24, 2.45) is 0 Å². The predicted molar refractivity (Wildman–Crippen MR) is 61.6 cm³/mol. The van der Waals surface area contributed by atoms with Crippen LogP contribution in [-0.2, 0) is 15.5 Å². The molecule has 1 aromatic carbocycles. The normalized spacial score (nSPS) is 14.6. The number of hydrogen-bond donors (Lipinski definition) is 0. The third-order valence-electron chi connectivity index (χ3n) is 1.97. The molecule has 0 aliphatic heterocycles. The summed E-state index contributed by atoms with van der Waals surface area (Å²) in [5, 5.41) is 0. The molecule has 0 spiro atoms. The van der Waals surface area contributed by atoms with Gasteiger partial charge in [0.25, 0.3) is 0 Å². The molecular weight excluding hydrogens is 211 g/mol. The molecule has 84 valence electrons. The second-order valence-corrected chi connectivity index (χ2v) is 5.26. The number of rotatable bonds is 5. The molecule has 1 atom stereocenters. The number of hydrogen-bond acceptors (Lipinski definition) is 3. The van der Waals surface area contributed by atoms with E-state index in [1.807, 2.05) is 24.3 Å². The van der Waals surface area contributed by atoms with Crippen LogP contribution in [-0.4, -0.2) is 13.3 Å². The molecule has 1 rings (SSSR count). The second-order valence-electron chi connectivity index (χ2n) is 3.28. The highest BCUT2D eigenvalue weighted by Gasteiger charge is 2.17. The van der Waals surface area contributed by atoms with Crippen molar-refractivity contribution in [1.82, 2.24) is 0 Å². The van der Waals surface area contributed by atoms with Crippen molar-refractivity contribution in [3.8, 4) is 5.75 Å². The van der Waals surface area contributed by atoms with Crippen LogP contribution in [0.4, 0.5) is 0 Å². The highest BCUT2D eigenvalue weighted by atomic mass is 31.2. The van der Waals surface area contributed by atoms with E-state index < -0.39 is 7.60 Å². The molecule has 1 aromatic rings. The molecule has 0 aliphatic rings. The largest absolute Gasteiger partial charge is 0.425 e.